The van der Waals surface area contributed by atoms with Crippen LogP contribution in [0.5, 0.6) is 5.75 Å². The van der Waals surface area contributed by atoms with Gasteiger partial charge in [0.2, 0.25) is 0 Å². The zero-order chi connectivity index (χ0) is 22.0. The summed E-state index contributed by atoms with van der Waals surface area (Å²) in [6.45, 7) is 6.65. The summed E-state index contributed by atoms with van der Waals surface area (Å²) >= 11 is 6.83. The molecule has 0 bridgehead atoms. The van der Waals surface area contributed by atoms with Crippen LogP contribution in [0.15, 0.2) is 71.6 Å². The molecular formula is C26H23NO2S2. The van der Waals surface area contributed by atoms with E-state index >= 15 is 0 Å². The van der Waals surface area contributed by atoms with E-state index in [1.165, 1.54) is 22.9 Å². The van der Waals surface area contributed by atoms with Crippen molar-refractivity contribution in [2.45, 2.75) is 27.4 Å². The van der Waals surface area contributed by atoms with Crippen LogP contribution in [0.1, 0.15) is 27.8 Å². The molecule has 0 aromatic heterocycles. The van der Waals surface area contributed by atoms with Gasteiger partial charge in [0.1, 0.15) is 12.4 Å². The molecule has 31 heavy (non-hydrogen) atoms. The van der Waals surface area contributed by atoms with E-state index in [1.807, 2.05) is 55.5 Å². The predicted molar refractivity (Wildman–Crippen MR) is 134 cm³/mol. The average molecular weight is 446 g/mol. The van der Waals surface area contributed by atoms with E-state index in [9.17, 15) is 4.79 Å². The number of carbonyl (C=O) groups excluding carboxylic acids is 1. The van der Waals surface area contributed by atoms with E-state index in [4.69, 9.17) is 17.0 Å². The summed E-state index contributed by atoms with van der Waals surface area (Å²) in [5.41, 5.74) is 6.38. The SMILES string of the molecule is Cc1ccc(COc2cccc(/C=C3\SC(=S)N(c4ccc(C)c(C)c4)C3=O)c2)cc1. The van der Waals surface area contributed by atoms with Gasteiger partial charge in [0.25, 0.3) is 5.91 Å². The standard InChI is InChI=1S/C26H23NO2S2/c1-17-7-10-20(11-8-17)16-29-23-6-4-5-21(14-23)15-24-25(28)27(26(30)31-24)22-12-9-18(2)19(3)13-22/h4-15H,16H2,1-3H3/b24-15-. The number of anilines is 1. The number of aryl methyl sites for hydroxylation is 3. The number of rotatable bonds is 5. The maximum atomic E-state index is 13.1. The van der Waals surface area contributed by atoms with Crippen molar-refractivity contribution in [2.75, 3.05) is 4.90 Å². The number of thiocarbonyl (C=S) groups is 1. The summed E-state index contributed by atoms with van der Waals surface area (Å²) in [7, 11) is 0. The molecule has 0 N–H and O–H groups in total. The fourth-order valence-electron chi connectivity index (χ4n) is 3.25. The molecule has 0 saturated carbocycles. The average Bonchev–Trinajstić information content (AvgIpc) is 3.03. The Kier molecular flexibility index (Phi) is 6.25. The second-order valence-corrected chi connectivity index (χ2v) is 9.31. The van der Waals surface area contributed by atoms with Gasteiger partial charge in [-0.2, -0.15) is 0 Å². The van der Waals surface area contributed by atoms with Crippen molar-refractivity contribution in [3.8, 4) is 5.75 Å². The van der Waals surface area contributed by atoms with E-state index in [-0.39, 0.29) is 5.91 Å². The summed E-state index contributed by atoms with van der Waals surface area (Å²) < 4.78 is 6.49. The largest absolute Gasteiger partial charge is 0.489 e. The molecule has 1 amide bonds. The molecule has 1 saturated heterocycles. The zero-order valence-electron chi connectivity index (χ0n) is 17.7. The summed E-state index contributed by atoms with van der Waals surface area (Å²) in [4.78, 5) is 15.3. The first-order chi connectivity index (χ1) is 14.9. The van der Waals surface area contributed by atoms with Gasteiger partial charge >= 0.3 is 0 Å². The number of carbonyl (C=O) groups is 1. The lowest BCUT2D eigenvalue weighted by molar-refractivity contribution is -0.113. The van der Waals surface area contributed by atoms with Crippen molar-refractivity contribution in [1.82, 2.24) is 0 Å². The molecule has 1 heterocycles. The molecule has 0 radical (unpaired) electrons. The van der Waals surface area contributed by atoms with Crippen molar-refractivity contribution in [3.05, 3.63) is 99.5 Å². The zero-order valence-corrected chi connectivity index (χ0v) is 19.3. The fourth-order valence-corrected chi connectivity index (χ4v) is 4.55. The van der Waals surface area contributed by atoms with E-state index in [1.54, 1.807) is 4.90 Å². The summed E-state index contributed by atoms with van der Waals surface area (Å²) in [6, 6.07) is 22.0. The normalized spacial score (nSPS) is 15.1. The van der Waals surface area contributed by atoms with Crippen LogP contribution in [0.4, 0.5) is 5.69 Å². The minimum Gasteiger partial charge on any atom is -0.489 e. The van der Waals surface area contributed by atoms with Crippen molar-refractivity contribution in [2.24, 2.45) is 0 Å². The number of hydrogen-bond acceptors (Lipinski definition) is 4. The number of thioether (sulfide) groups is 1. The van der Waals surface area contributed by atoms with Crippen LogP contribution < -0.4 is 9.64 Å². The third kappa shape index (κ3) is 4.89. The molecule has 0 aliphatic carbocycles. The highest BCUT2D eigenvalue weighted by Gasteiger charge is 2.33. The third-order valence-corrected chi connectivity index (χ3v) is 6.53. The van der Waals surface area contributed by atoms with E-state index in [2.05, 4.69) is 38.1 Å². The molecule has 1 fully saturated rings. The minimum absolute atomic E-state index is 0.0933. The fraction of sp³-hybridized carbons (Fsp3) is 0.154. The Hall–Kier alpha value is -2.89. The molecular weight excluding hydrogens is 422 g/mol. The lowest BCUT2D eigenvalue weighted by atomic mass is 10.1. The topological polar surface area (TPSA) is 29.5 Å². The summed E-state index contributed by atoms with van der Waals surface area (Å²) in [6.07, 6.45) is 1.87. The lowest BCUT2D eigenvalue weighted by Crippen LogP contribution is -2.27. The predicted octanol–water partition coefficient (Wildman–Crippen LogP) is 6.60. The van der Waals surface area contributed by atoms with E-state index in [0.29, 0.717) is 15.8 Å². The molecule has 3 aromatic rings. The molecule has 0 spiro atoms. The first-order valence-electron chi connectivity index (χ1n) is 10.0. The maximum Gasteiger partial charge on any atom is 0.270 e. The first kappa shape index (κ1) is 21.3. The molecule has 4 rings (SSSR count). The van der Waals surface area contributed by atoms with Gasteiger partial charge in [-0.1, -0.05) is 72.0 Å². The van der Waals surface area contributed by atoms with E-state index < -0.39 is 0 Å². The second kappa shape index (κ2) is 9.08. The van der Waals surface area contributed by atoms with Crippen molar-refractivity contribution in [3.63, 3.8) is 0 Å². The van der Waals surface area contributed by atoms with Gasteiger partial charge in [0.15, 0.2) is 4.32 Å². The number of ether oxygens (including phenoxy) is 1. The Morgan fingerprint density at radius 3 is 2.48 bits per heavy atom. The van der Waals surface area contributed by atoms with Gasteiger partial charge in [-0.05, 0) is 73.4 Å². The molecule has 3 aromatic carbocycles. The molecule has 156 valence electrons. The van der Waals surface area contributed by atoms with Crippen LogP contribution in [-0.2, 0) is 11.4 Å². The van der Waals surface area contributed by atoms with Crippen LogP contribution in [0.2, 0.25) is 0 Å². The van der Waals surface area contributed by atoms with Gasteiger partial charge in [-0.15, -0.1) is 0 Å². The minimum atomic E-state index is -0.0933. The van der Waals surface area contributed by atoms with Crippen LogP contribution in [0.3, 0.4) is 0 Å². The Morgan fingerprint density at radius 1 is 0.968 bits per heavy atom. The molecule has 1 aliphatic rings. The van der Waals surface area contributed by atoms with Crippen LogP contribution >= 0.6 is 24.0 Å². The van der Waals surface area contributed by atoms with Crippen LogP contribution in [-0.4, -0.2) is 10.2 Å². The number of amides is 1. The first-order valence-corrected chi connectivity index (χ1v) is 11.3. The summed E-state index contributed by atoms with van der Waals surface area (Å²) in [5, 5.41) is 0. The number of benzene rings is 3. The van der Waals surface area contributed by atoms with Gasteiger partial charge in [-0.25, -0.2) is 0 Å². The quantitative estimate of drug-likeness (QED) is 0.327. The molecule has 1 aliphatic heterocycles. The highest BCUT2D eigenvalue weighted by molar-refractivity contribution is 8.27. The van der Waals surface area contributed by atoms with E-state index in [0.717, 1.165) is 28.1 Å². The Bertz CT molecular complexity index is 1180. The smallest absolute Gasteiger partial charge is 0.270 e. The third-order valence-electron chi connectivity index (χ3n) is 5.22. The van der Waals surface area contributed by atoms with Crippen LogP contribution in [0.25, 0.3) is 6.08 Å². The van der Waals surface area contributed by atoms with Gasteiger partial charge in [0, 0.05) is 0 Å². The van der Waals surface area contributed by atoms with Crippen molar-refractivity contribution >= 4 is 46.0 Å². The lowest BCUT2D eigenvalue weighted by Gasteiger charge is -2.15. The maximum absolute atomic E-state index is 13.1. The Balaban J connectivity index is 1.51. The van der Waals surface area contributed by atoms with Gasteiger partial charge in [-0.3, -0.25) is 9.69 Å². The summed E-state index contributed by atoms with van der Waals surface area (Å²) in [5.74, 6) is 0.670. The highest BCUT2D eigenvalue weighted by Crippen LogP contribution is 2.36. The molecule has 0 atom stereocenters. The molecule has 5 heteroatoms. The van der Waals surface area contributed by atoms with Crippen molar-refractivity contribution in [1.29, 1.82) is 0 Å². The highest BCUT2D eigenvalue weighted by atomic mass is 32.2. The van der Waals surface area contributed by atoms with Crippen LogP contribution in [0, 0.1) is 20.8 Å². The molecule has 3 nitrogen and oxygen atoms in total. The number of hydrogen-bond donors (Lipinski definition) is 0. The molecule has 0 unspecified atom stereocenters. The second-order valence-electron chi connectivity index (χ2n) is 7.63. The Labute approximate surface area is 192 Å². The monoisotopic (exact) mass is 445 g/mol. The van der Waals surface area contributed by atoms with Crippen molar-refractivity contribution < 1.29 is 9.53 Å². The number of nitrogens with zero attached hydrogens (tertiary/aromatic N) is 1. The van der Waals surface area contributed by atoms with Gasteiger partial charge < -0.3 is 4.74 Å². The van der Waals surface area contributed by atoms with Gasteiger partial charge in [0.05, 0.1) is 10.6 Å². The Morgan fingerprint density at radius 2 is 1.74 bits per heavy atom.